The third kappa shape index (κ3) is 8.58. The third-order valence-corrected chi connectivity index (χ3v) is 13.5. The van der Waals surface area contributed by atoms with Gasteiger partial charge in [-0.05, 0) is 82.3 Å². The zero-order valence-corrected chi connectivity index (χ0v) is 40.8. The molecule has 2 aromatic carbocycles. The number of aryl methyl sites for hydroxylation is 4. The lowest BCUT2D eigenvalue weighted by Crippen LogP contribution is -2.37. The topological polar surface area (TPSA) is 214 Å². The second kappa shape index (κ2) is 19.0. The fourth-order valence-electron chi connectivity index (χ4n) is 9.36. The third-order valence-electron chi connectivity index (χ3n) is 13.0. The Kier molecular flexibility index (Phi) is 13.0. The van der Waals surface area contributed by atoms with Gasteiger partial charge < -0.3 is 34.8 Å². The Labute approximate surface area is 402 Å². The van der Waals surface area contributed by atoms with Gasteiger partial charge in [0, 0.05) is 67.7 Å². The normalized spacial score (nSPS) is 14.4. The second-order valence-electron chi connectivity index (χ2n) is 17.6. The summed E-state index contributed by atoms with van der Waals surface area (Å²) >= 11 is 14.3. The predicted octanol–water partition coefficient (Wildman–Crippen LogP) is 7.45. The average Bonchev–Trinajstić information content (AvgIpc) is 4.08. The van der Waals surface area contributed by atoms with Gasteiger partial charge in [-0.15, -0.1) is 0 Å². The molecule has 0 saturated carbocycles. The van der Waals surface area contributed by atoms with Crippen LogP contribution in [0, 0.1) is 25.7 Å². The molecular formula is C48H55Cl2N13O5. The summed E-state index contributed by atoms with van der Waals surface area (Å²) in [5.74, 6) is 0.404. The maximum absolute atomic E-state index is 12.9. The zero-order chi connectivity index (χ0) is 48.1. The first kappa shape index (κ1) is 46.8. The van der Waals surface area contributed by atoms with Crippen LogP contribution in [0.25, 0.3) is 66.9 Å². The number of fused-ring (bicyclic) bond motifs is 6. The molecule has 8 aromatic rings. The van der Waals surface area contributed by atoms with E-state index < -0.39 is 11.8 Å². The van der Waals surface area contributed by atoms with Crippen molar-refractivity contribution in [3.63, 3.8) is 0 Å². The Bertz CT molecular complexity index is 3260. The Morgan fingerprint density at radius 1 is 0.721 bits per heavy atom. The molecule has 2 unspecified atom stereocenters. The molecule has 2 atom stereocenters. The molecule has 18 nitrogen and oxygen atoms in total. The van der Waals surface area contributed by atoms with Crippen molar-refractivity contribution in [2.45, 2.75) is 74.1 Å². The van der Waals surface area contributed by atoms with Gasteiger partial charge in [0.2, 0.25) is 11.8 Å². The minimum Gasteiger partial charge on any atom is -0.495 e. The van der Waals surface area contributed by atoms with Crippen LogP contribution in [0.4, 0.5) is 0 Å². The summed E-state index contributed by atoms with van der Waals surface area (Å²) in [4.78, 5) is 48.0. The molecule has 6 aromatic heterocycles. The van der Waals surface area contributed by atoms with Crippen LogP contribution in [-0.4, -0.2) is 112 Å². The van der Waals surface area contributed by atoms with Gasteiger partial charge in [0.15, 0.2) is 11.6 Å². The van der Waals surface area contributed by atoms with Crippen molar-refractivity contribution in [2.75, 3.05) is 46.6 Å². The van der Waals surface area contributed by atoms with Gasteiger partial charge in [-0.1, -0.05) is 37.0 Å². The van der Waals surface area contributed by atoms with Crippen LogP contribution in [-0.2, 0) is 30.9 Å². The van der Waals surface area contributed by atoms with Crippen LogP contribution < -0.4 is 20.9 Å². The predicted molar refractivity (Wildman–Crippen MR) is 263 cm³/mol. The maximum atomic E-state index is 12.9. The summed E-state index contributed by atoms with van der Waals surface area (Å²) in [5.41, 5.74) is 18.0. The second-order valence-corrected chi connectivity index (χ2v) is 18.3. The molecule has 1 fully saturated rings. The highest BCUT2D eigenvalue weighted by Gasteiger charge is 2.29. The molecular weight excluding hydrogens is 910 g/mol. The molecule has 4 N–H and O–H groups in total. The lowest BCUT2D eigenvalue weighted by atomic mass is 9.95. The molecule has 9 rings (SSSR count). The van der Waals surface area contributed by atoms with Crippen LogP contribution >= 0.6 is 23.2 Å². The Morgan fingerprint density at radius 2 is 1.19 bits per heavy atom. The fraction of sp³-hybridized carbons (Fsp3) is 0.417. The van der Waals surface area contributed by atoms with Gasteiger partial charge >= 0.3 is 0 Å². The molecule has 7 heterocycles. The number of aromatic nitrogens is 10. The SMILES string of the molecule is CCn1nc(C)cc1-c1nc(Cl)c2c3cc(C(N)=O)cc(OC)c3n(CC(C)C(C)Cn3c4nc(-c5cc(C)nn5CC)nc(Cl)c4c4cc(C(N)=O)cc(OCCCN5CCOCC5)c43)c2n1. The number of ether oxygens (including phenoxy) is 3. The number of nitrogens with zero attached hydrogens (tertiary/aromatic N) is 11. The van der Waals surface area contributed by atoms with Crippen molar-refractivity contribution in [3.05, 3.63) is 69.2 Å². The number of hydrogen-bond acceptors (Lipinski definition) is 12. The zero-order valence-electron chi connectivity index (χ0n) is 39.3. The highest BCUT2D eigenvalue weighted by Crippen LogP contribution is 2.43. The van der Waals surface area contributed by atoms with E-state index in [1.54, 1.807) is 31.4 Å². The maximum Gasteiger partial charge on any atom is 0.248 e. The number of benzene rings is 2. The van der Waals surface area contributed by atoms with E-state index in [9.17, 15) is 9.59 Å². The average molecular weight is 965 g/mol. The Balaban J connectivity index is 1.18. The van der Waals surface area contributed by atoms with E-state index in [0.29, 0.717) is 113 Å². The highest BCUT2D eigenvalue weighted by molar-refractivity contribution is 6.37. The van der Waals surface area contributed by atoms with Gasteiger partial charge in [0.1, 0.15) is 44.5 Å². The number of methoxy groups -OCH3 is 1. The number of hydrogen-bond donors (Lipinski definition) is 2. The van der Waals surface area contributed by atoms with E-state index in [0.717, 1.165) is 48.8 Å². The largest absolute Gasteiger partial charge is 0.495 e. The van der Waals surface area contributed by atoms with Crippen molar-refractivity contribution in [2.24, 2.45) is 23.3 Å². The molecule has 1 saturated heterocycles. The van der Waals surface area contributed by atoms with Crippen molar-refractivity contribution in [1.82, 2.24) is 53.5 Å². The number of amides is 2. The number of morpholine rings is 1. The molecule has 68 heavy (non-hydrogen) atoms. The van der Waals surface area contributed by atoms with Crippen molar-refractivity contribution >= 4 is 78.9 Å². The number of carbonyl (C=O) groups is 2. The van der Waals surface area contributed by atoms with E-state index in [4.69, 9.17) is 68.8 Å². The summed E-state index contributed by atoms with van der Waals surface area (Å²) in [5, 5.41) is 12.2. The van der Waals surface area contributed by atoms with E-state index in [-0.39, 0.29) is 33.3 Å². The van der Waals surface area contributed by atoms with Gasteiger partial charge in [-0.2, -0.15) is 10.2 Å². The van der Waals surface area contributed by atoms with Crippen LogP contribution in [0.2, 0.25) is 10.3 Å². The van der Waals surface area contributed by atoms with E-state index in [1.807, 2.05) is 49.2 Å². The first-order chi connectivity index (χ1) is 32.7. The number of halogens is 2. The van der Waals surface area contributed by atoms with Crippen LogP contribution in [0.15, 0.2) is 36.4 Å². The fourth-order valence-corrected chi connectivity index (χ4v) is 9.90. The van der Waals surface area contributed by atoms with Gasteiger partial charge in [0.05, 0.1) is 60.1 Å². The van der Waals surface area contributed by atoms with Gasteiger partial charge in [0.25, 0.3) is 0 Å². The lowest BCUT2D eigenvalue weighted by molar-refractivity contribution is 0.0358. The summed E-state index contributed by atoms with van der Waals surface area (Å²) in [6, 6.07) is 10.7. The molecule has 0 aliphatic carbocycles. The molecule has 0 spiro atoms. The number of primary amides is 2. The standard InChI is InChI=1S/C48H55Cl2N13O5/c1-8-62-33(17-27(5)57-62)45-53-41(49)37-31-19-29(43(51)64)21-35(66-7)39(31)60(47(37)55-45)23-25(3)26(4)24-61-40-32(38-42(50)54-46(56-48(38)61)34-18-28(6)58-63(34)9-2)20-30(44(52)65)22-36(40)68-14-10-11-59-12-15-67-16-13-59/h17-22,25-26H,8-16,23-24H2,1-7H3,(H2,51,64)(H2,52,65). The lowest BCUT2D eigenvalue weighted by Gasteiger charge is -2.26. The van der Waals surface area contributed by atoms with Crippen LogP contribution in [0.5, 0.6) is 11.5 Å². The highest BCUT2D eigenvalue weighted by atomic mass is 35.5. The molecule has 356 valence electrons. The first-order valence-corrected chi connectivity index (χ1v) is 23.7. The molecule has 0 radical (unpaired) electrons. The molecule has 0 bridgehead atoms. The van der Waals surface area contributed by atoms with Crippen LogP contribution in [0.1, 0.15) is 66.2 Å². The number of nitrogens with two attached hydrogens (primary N) is 2. The Hall–Kier alpha value is -6.34. The van der Waals surface area contributed by atoms with Crippen LogP contribution in [0.3, 0.4) is 0 Å². The van der Waals surface area contributed by atoms with E-state index in [1.165, 1.54) is 0 Å². The number of rotatable bonds is 17. The van der Waals surface area contributed by atoms with Gasteiger partial charge in [-0.25, -0.2) is 19.9 Å². The van der Waals surface area contributed by atoms with Crippen molar-refractivity contribution in [3.8, 4) is 34.5 Å². The molecule has 1 aliphatic rings. The molecule has 2 amide bonds. The number of carbonyl (C=O) groups excluding carboxylic acids is 2. The van der Waals surface area contributed by atoms with Crippen molar-refractivity contribution < 1.29 is 23.8 Å². The van der Waals surface area contributed by atoms with Gasteiger partial charge in [-0.3, -0.25) is 23.9 Å². The molecule has 20 heteroatoms. The minimum absolute atomic E-state index is 0.0637. The van der Waals surface area contributed by atoms with E-state index >= 15 is 0 Å². The minimum atomic E-state index is -0.611. The summed E-state index contributed by atoms with van der Waals surface area (Å²) in [6.07, 6.45) is 0.750. The van der Waals surface area contributed by atoms with Crippen molar-refractivity contribution in [1.29, 1.82) is 0 Å². The van der Waals surface area contributed by atoms with E-state index in [2.05, 4.69) is 38.1 Å². The quantitative estimate of drug-likeness (QED) is 0.0673. The Morgan fingerprint density at radius 3 is 1.65 bits per heavy atom. The monoisotopic (exact) mass is 963 g/mol. The first-order valence-electron chi connectivity index (χ1n) is 22.9. The smallest absolute Gasteiger partial charge is 0.248 e. The summed E-state index contributed by atoms with van der Waals surface area (Å²) in [6.45, 7) is 18.6. The molecule has 1 aliphatic heterocycles. The summed E-state index contributed by atoms with van der Waals surface area (Å²) in [7, 11) is 1.55. The summed E-state index contributed by atoms with van der Waals surface area (Å²) < 4.78 is 26.1.